The van der Waals surface area contributed by atoms with Crippen molar-refractivity contribution < 1.29 is 14.2 Å². The molecule has 3 aromatic heterocycles. The number of nitrogens with zero attached hydrogens (tertiary/aromatic N) is 5. The zero-order valence-corrected chi connectivity index (χ0v) is 21.7. The second-order valence-corrected chi connectivity index (χ2v) is 9.61. The fourth-order valence-corrected chi connectivity index (χ4v) is 4.80. The molecule has 4 heterocycles. The summed E-state index contributed by atoms with van der Waals surface area (Å²) < 4.78 is 19.5. The van der Waals surface area contributed by atoms with Crippen LogP contribution in [0.5, 0.6) is 11.6 Å². The molecule has 1 saturated heterocycles. The van der Waals surface area contributed by atoms with Crippen LogP contribution in [0.3, 0.4) is 0 Å². The third kappa shape index (κ3) is 4.72. The van der Waals surface area contributed by atoms with E-state index in [4.69, 9.17) is 19.2 Å². The van der Waals surface area contributed by atoms with E-state index in [9.17, 15) is 0 Å². The smallest absolute Gasteiger partial charge is 0.247 e. The molecule has 1 aliphatic heterocycles. The largest absolute Gasteiger partial charge is 0.497 e. The molecule has 6 rings (SSSR count). The number of imidazole rings is 1. The van der Waals surface area contributed by atoms with Gasteiger partial charge in [-0.3, -0.25) is 9.55 Å². The van der Waals surface area contributed by atoms with Crippen molar-refractivity contribution >= 4 is 33.7 Å². The molecule has 194 valence electrons. The lowest BCUT2D eigenvalue weighted by Crippen LogP contribution is -2.18. The Labute approximate surface area is 220 Å². The van der Waals surface area contributed by atoms with Crippen LogP contribution >= 0.6 is 0 Å². The summed E-state index contributed by atoms with van der Waals surface area (Å²) in [5.41, 5.74) is 5.15. The number of hydrogen-bond acceptors (Lipinski definition) is 8. The summed E-state index contributed by atoms with van der Waals surface area (Å²) in [5, 5.41) is 4.39. The Bertz CT molecular complexity index is 1590. The van der Waals surface area contributed by atoms with Crippen LogP contribution in [0.15, 0.2) is 61.1 Å². The number of fused-ring (bicyclic) bond motifs is 2. The van der Waals surface area contributed by atoms with E-state index in [0.717, 1.165) is 59.3 Å². The maximum absolute atomic E-state index is 6.05. The van der Waals surface area contributed by atoms with Gasteiger partial charge in [-0.25, -0.2) is 4.98 Å². The molecule has 1 fully saturated rings. The predicted octanol–water partition coefficient (Wildman–Crippen LogP) is 6.28. The Kier molecular flexibility index (Phi) is 6.51. The highest BCUT2D eigenvalue weighted by Gasteiger charge is 2.22. The fourth-order valence-electron chi connectivity index (χ4n) is 4.80. The molecule has 0 radical (unpaired) electrons. The Balaban J connectivity index is 1.41. The summed E-state index contributed by atoms with van der Waals surface area (Å²) in [6, 6.07) is 16.1. The lowest BCUT2D eigenvalue weighted by Gasteiger charge is -2.24. The quantitative estimate of drug-likeness (QED) is 0.273. The number of aromatic nitrogens is 5. The number of pyridine rings is 1. The third-order valence-electron chi connectivity index (χ3n) is 6.58. The van der Waals surface area contributed by atoms with E-state index < -0.39 is 0 Å². The van der Waals surface area contributed by atoms with Gasteiger partial charge >= 0.3 is 0 Å². The SMILES string of the molecule is COc1cccc(-c2ccnc3ccc(Nc4nc(OC(C)C)c5ncn(C6CCCCO6)c5n4)cc23)c1. The van der Waals surface area contributed by atoms with E-state index in [1.54, 1.807) is 13.4 Å². The Morgan fingerprint density at radius 2 is 1.97 bits per heavy atom. The lowest BCUT2D eigenvalue weighted by atomic mass is 10.0. The highest BCUT2D eigenvalue weighted by molar-refractivity contribution is 5.96. The molecule has 1 unspecified atom stereocenters. The number of hydrogen-bond donors (Lipinski definition) is 1. The summed E-state index contributed by atoms with van der Waals surface area (Å²) in [6.07, 6.45) is 6.54. The first-order valence-corrected chi connectivity index (χ1v) is 12.9. The molecule has 9 nitrogen and oxygen atoms in total. The van der Waals surface area contributed by atoms with Gasteiger partial charge in [0.25, 0.3) is 0 Å². The van der Waals surface area contributed by atoms with Crippen molar-refractivity contribution in [2.24, 2.45) is 0 Å². The number of anilines is 2. The van der Waals surface area contributed by atoms with Crippen LogP contribution in [-0.4, -0.2) is 44.3 Å². The van der Waals surface area contributed by atoms with Crippen LogP contribution in [0.25, 0.3) is 33.2 Å². The van der Waals surface area contributed by atoms with Crippen LogP contribution in [0.2, 0.25) is 0 Å². The monoisotopic (exact) mass is 510 g/mol. The van der Waals surface area contributed by atoms with Gasteiger partial charge in [0, 0.05) is 23.9 Å². The van der Waals surface area contributed by atoms with Gasteiger partial charge in [0.1, 0.15) is 12.0 Å². The van der Waals surface area contributed by atoms with Crippen LogP contribution in [0.4, 0.5) is 11.6 Å². The number of benzene rings is 2. The number of rotatable bonds is 7. The normalized spacial score (nSPS) is 15.7. The zero-order valence-electron chi connectivity index (χ0n) is 21.7. The minimum atomic E-state index is -0.0967. The van der Waals surface area contributed by atoms with Crippen molar-refractivity contribution in [2.75, 3.05) is 19.0 Å². The second kappa shape index (κ2) is 10.3. The first-order valence-electron chi connectivity index (χ1n) is 12.9. The van der Waals surface area contributed by atoms with Gasteiger partial charge in [-0.1, -0.05) is 12.1 Å². The molecule has 0 aliphatic carbocycles. The average molecular weight is 511 g/mol. The number of methoxy groups -OCH3 is 1. The van der Waals surface area contributed by atoms with Gasteiger partial charge in [0.15, 0.2) is 11.2 Å². The van der Waals surface area contributed by atoms with Gasteiger partial charge in [-0.2, -0.15) is 9.97 Å². The summed E-state index contributed by atoms with van der Waals surface area (Å²) in [5.74, 6) is 1.68. The molecule has 1 N–H and O–H groups in total. The van der Waals surface area contributed by atoms with Crippen molar-refractivity contribution in [1.29, 1.82) is 0 Å². The molecule has 0 amide bonds. The van der Waals surface area contributed by atoms with Crippen LogP contribution in [0, 0.1) is 0 Å². The van der Waals surface area contributed by atoms with E-state index in [2.05, 4.69) is 32.4 Å². The van der Waals surface area contributed by atoms with E-state index in [1.807, 2.05) is 61.0 Å². The Morgan fingerprint density at radius 1 is 1.05 bits per heavy atom. The predicted molar refractivity (Wildman–Crippen MR) is 147 cm³/mol. The maximum Gasteiger partial charge on any atom is 0.247 e. The summed E-state index contributed by atoms with van der Waals surface area (Å²) in [7, 11) is 1.67. The molecule has 1 aliphatic rings. The fraction of sp³-hybridized carbons (Fsp3) is 0.310. The van der Waals surface area contributed by atoms with Gasteiger partial charge in [-0.05, 0) is 80.6 Å². The maximum atomic E-state index is 6.05. The van der Waals surface area contributed by atoms with E-state index in [0.29, 0.717) is 23.0 Å². The minimum Gasteiger partial charge on any atom is -0.497 e. The van der Waals surface area contributed by atoms with Crippen molar-refractivity contribution in [2.45, 2.75) is 45.4 Å². The highest BCUT2D eigenvalue weighted by Crippen LogP contribution is 2.33. The summed E-state index contributed by atoms with van der Waals surface area (Å²) in [4.78, 5) is 18.7. The summed E-state index contributed by atoms with van der Waals surface area (Å²) in [6.45, 7) is 4.67. The molecular weight excluding hydrogens is 480 g/mol. The molecule has 0 saturated carbocycles. The standard InChI is InChI=1S/C29H30N6O3/c1-18(2)38-28-26-27(35(17-31-26)25-9-4-5-14-37-25)33-29(34-28)32-20-10-11-24-23(16-20)22(12-13-30-24)19-7-6-8-21(15-19)36-3/h6-8,10-13,15-18,25H,4-5,9,14H2,1-3H3,(H,32,33,34). The van der Waals surface area contributed by atoms with Crippen LogP contribution < -0.4 is 14.8 Å². The molecule has 5 aromatic rings. The molecule has 0 bridgehead atoms. The van der Waals surface area contributed by atoms with Crippen molar-refractivity contribution in [3.8, 4) is 22.8 Å². The minimum absolute atomic E-state index is 0.0609. The van der Waals surface area contributed by atoms with Gasteiger partial charge < -0.3 is 19.5 Å². The second-order valence-electron chi connectivity index (χ2n) is 9.61. The Morgan fingerprint density at radius 3 is 2.79 bits per heavy atom. The first kappa shape index (κ1) is 24.1. The van der Waals surface area contributed by atoms with Crippen molar-refractivity contribution in [3.05, 3.63) is 61.1 Å². The van der Waals surface area contributed by atoms with Crippen molar-refractivity contribution in [1.82, 2.24) is 24.5 Å². The van der Waals surface area contributed by atoms with Crippen molar-refractivity contribution in [3.63, 3.8) is 0 Å². The molecule has 38 heavy (non-hydrogen) atoms. The van der Waals surface area contributed by atoms with E-state index in [1.165, 1.54) is 0 Å². The molecule has 1 atom stereocenters. The molecule has 2 aromatic carbocycles. The number of ether oxygens (including phenoxy) is 3. The third-order valence-corrected chi connectivity index (χ3v) is 6.58. The Hall–Kier alpha value is -4.24. The van der Waals surface area contributed by atoms with E-state index in [-0.39, 0.29) is 12.3 Å². The van der Waals surface area contributed by atoms with Gasteiger partial charge in [-0.15, -0.1) is 0 Å². The number of nitrogens with one attached hydrogen (secondary N) is 1. The highest BCUT2D eigenvalue weighted by atomic mass is 16.5. The van der Waals surface area contributed by atoms with Crippen LogP contribution in [-0.2, 0) is 4.74 Å². The molecule has 9 heteroatoms. The van der Waals surface area contributed by atoms with Gasteiger partial charge in [0.05, 0.1) is 25.1 Å². The summed E-state index contributed by atoms with van der Waals surface area (Å²) >= 11 is 0. The topological polar surface area (TPSA) is 96.2 Å². The van der Waals surface area contributed by atoms with E-state index >= 15 is 0 Å². The van der Waals surface area contributed by atoms with Gasteiger partial charge in [0.2, 0.25) is 11.8 Å². The lowest BCUT2D eigenvalue weighted by molar-refractivity contribution is -0.0298. The average Bonchev–Trinajstić information content (AvgIpc) is 3.37. The zero-order chi connectivity index (χ0) is 26.1. The molecule has 0 spiro atoms. The van der Waals surface area contributed by atoms with Crippen LogP contribution in [0.1, 0.15) is 39.3 Å². The molecular formula is C29H30N6O3. The first-order chi connectivity index (χ1) is 18.6.